The highest BCUT2D eigenvalue weighted by Gasteiger charge is 2.18. The van der Waals surface area contributed by atoms with Gasteiger partial charge in [-0.25, -0.2) is 4.98 Å². The van der Waals surface area contributed by atoms with Crippen LogP contribution in [0.3, 0.4) is 0 Å². The minimum absolute atomic E-state index is 0.00102. The highest BCUT2D eigenvalue weighted by Crippen LogP contribution is 2.18. The number of aromatic nitrogens is 1. The lowest BCUT2D eigenvalue weighted by Crippen LogP contribution is -2.30. The van der Waals surface area contributed by atoms with E-state index in [1.807, 2.05) is 37.3 Å². The predicted octanol–water partition coefficient (Wildman–Crippen LogP) is 2.38. The summed E-state index contributed by atoms with van der Waals surface area (Å²) in [6.45, 7) is 5.36. The maximum absolute atomic E-state index is 12.5. The molecule has 2 heterocycles. The zero-order valence-electron chi connectivity index (χ0n) is 14.7. The van der Waals surface area contributed by atoms with E-state index in [-0.39, 0.29) is 5.91 Å². The molecular formula is C20H26N4O. The summed E-state index contributed by atoms with van der Waals surface area (Å²) in [6, 6.07) is 11.9. The largest absolute Gasteiger partial charge is 0.368 e. The lowest BCUT2D eigenvalue weighted by molar-refractivity contribution is 0.0954. The second kappa shape index (κ2) is 8.62. The van der Waals surface area contributed by atoms with Gasteiger partial charge in [-0.15, -0.1) is 0 Å². The third-order valence-corrected chi connectivity index (χ3v) is 4.65. The average Bonchev–Trinajstić information content (AvgIpc) is 3.13. The molecule has 1 fully saturated rings. The molecule has 0 radical (unpaired) electrons. The van der Waals surface area contributed by atoms with Crippen molar-refractivity contribution in [1.82, 2.24) is 15.6 Å². The number of benzene rings is 1. The number of aryl methyl sites for hydroxylation is 1. The van der Waals surface area contributed by atoms with Crippen LogP contribution in [0.15, 0.2) is 42.6 Å². The molecule has 1 aromatic heterocycles. The van der Waals surface area contributed by atoms with Crippen LogP contribution in [0.1, 0.15) is 27.9 Å². The molecule has 1 atom stereocenters. The van der Waals surface area contributed by atoms with Gasteiger partial charge in [0.1, 0.15) is 5.82 Å². The number of rotatable bonds is 7. The standard InChI is InChI=1S/C20H26N4O/c1-15-5-4-9-22-19(15)23-11-12-24-20(25)18-7-3-2-6-17(18)13-16-8-10-21-14-16/h2-7,9,16,21H,8,10-14H2,1H3,(H,22,23)(H,24,25). The normalized spacial score (nSPS) is 16.6. The fraction of sp³-hybridized carbons (Fsp3) is 0.400. The van der Waals surface area contributed by atoms with Gasteiger partial charge >= 0.3 is 0 Å². The second-order valence-corrected chi connectivity index (χ2v) is 6.57. The van der Waals surface area contributed by atoms with Gasteiger partial charge in [0.25, 0.3) is 5.91 Å². The van der Waals surface area contributed by atoms with Crippen molar-refractivity contribution < 1.29 is 4.79 Å². The van der Waals surface area contributed by atoms with E-state index < -0.39 is 0 Å². The molecule has 0 aliphatic carbocycles. The first-order chi connectivity index (χ1) is 12.2. The Morgan fingerprint density at radius 1 is 1.24 bits per heavy atom. The maximum atomic E-state index is 12.5. The highest BCUT2D eigenvalue weighted by molar-refractivity contribution is 5.95. The van der Waals surface area contributed by atoms with E-state index >= 15 is 0 Å². The summed E-state index contributed by atoms with van der Waals surface area (Å²) in [4.78, 5) is 16.8. The van der Waals surface area contributed by atoms with Crippen molar-refractivity contribution in [2.24, 2.45) is 5.92 Å². The number of pyridine rings is 1. The molecule has 25 heavy (non-hydrogen) atoms. The summed E-state index contributed by atoms with van der Waals surface area (Å²) in [5.41, 5.74) is 3.04. The van der Waals surface area contributed by atoms with Gasteiger partial charge in [0.15, 0.2) is 0 Å². The van der Waals surface area contributed by atoms with Crippen LogP contribution < -0.4 is 16.0 Å². The van der Waals surface area contributed by atoms with E-state index in [4.69, 9.17) is 0 Å². The molecule has 1 amide bonds. The first-order valence-electron chi connectivity index (χ1n) is 8.96. The Balaban J connectivity index is 1.52. The molecule has 2 aromatic rings. The highest BCUT2D eigenvalue weighted by atomic mass is 16.1. The SMILES string of the molecule is Cc1cccnc1NCCNC(=O)c1ccccc1CC1CCNC1. The lowest BCUT2D eigenvalue weighted by atomic mass is 9.94. The molecular weight excluding hydrogens is 312 g/mol. The van der Waals surface area contributed by atoms with Crippen molar-refractivity contribution in [2.45, 2.75) is 19.8 Å². The molecule has 0 bridgehead atoms. The molecule has 1 aromatic carbocycles. The van der Waals surface area contributed by atoms with E-state index in [0.717, 1.165) is 42.0 Å². The lowest BCUT2D eigenvalue weighted by Gasteiger charge is -2.14. The first-order valence-corrected chi connectivity index (χ1v) is 8.96. The van der Waals surface area contributed by atoms with Crippen molar-refractivity contribution in [1.29, 1.82) is 0 Å². The molecule has 1 aliphatic rings. The van der Waals surface area contributed by atoms with Crippen LogP contribution in [-0.4, -0.2) is 37.1 Å². The summed E-state index contributed by atoms with van der Waals surface area (Å²) in [5, 5.41) is 9.66. The van der Waals surface area contributed by atoms with Crippen molar-refractivity contribution in [3.05, 3.63) is 59.3 Å². The number of anilines is 1. The molecule has 1 aliphatic heterocycles. The predicted molar refractivity (Wildman–Crippen MR) is 101 cm³/mol. The van der Waals surface area contributed by atoms with Crippen LogP contribution in [-0.2, 0) is 6.42 Å². The molecule has 1 unspecified atom stereocenters. The number of carbonyl (C=O) groups is 1. The van der Waals surface area contributed by atoms with Gasteiger partial charge in [0.05, 0.1) is 0 Å². The van der Waals surface area contributed by atoms with E-state index in [0.29, 0.717) is 19.0 Å². The zero-order chi connectivity index (χ0) is 17.5. The van der Waals surface area contributed by atoms with Crippen LogP contribution >= 0.6 is 0 Å². The van der Waals surface area contributed by atoms with Gasteiger partial charge in [-0.3, -0.25) is 4.79 Å². The summed E-state index contributed by atoms with van der Waals surface area (Å²) in [5.74, 6) is 1.50. The summed E-state index contributed by atoms with van der Waals surface area (Å²) >= 11 is 0. The van der Waals surface area contributed by atoms with Gasteiger partial charge in [0, 0.05) is 24.8 Å². The van der Waals surface area contributed by atoms with E-state index in [9.17, 15) is 4.79 Å². The summed E-state index contributed by atoms with van der Waals surface area (Å²) < 4.78 is 0. The van der Waals surface area contributed by atoms with E-state index in [1.165, 1.54) is 6.42 Å². The molecule has 0 saturated carbocycles. The van der Waals surface area contributed by atoms with E-state index in [2.05, 4.69) is 27.0 Å². The van der Waals surface area contributed by atoms with Crippen LogP contribution in [0.5, 0.6) is 0 Å². The Kier molecular flexibility index (Phi) is 6.01. The maximum Gasteiger partial charge on any atom is 0.251 e. The molecule has 3 N–H and O–H groups in total. The van der Waals surface area contributed by atoms with Crippen molar-refractivity contribution in [3.63, 3.8) is 0 Å². The molecule has 132 valence electrons. The monoisotopic (exact) mass is 338 g/mol. The van der Waals surface area contributed by atoms with Crippen molar-refractivity contribution in [2.75, 3.05) is 31.5 Å². The van der Waals surface area contributed by atoms with Crippen LogP contribution in [0, 0.1) is 12.8 Å². The Morgan fingerprint density at radius 3 is 2.92 bits per heavy atom. The van der Waals surface area contributed by atoms with Gasteiger partial charge in [-0.1, -0.05) is 24.3 Å². The number of nitrogens with one attached hydrogen (secondary N) is 3. The minimum atomic E-state index is 0.00102. The fourth-order valence-corrected chi connectivity index (χ4v) is 3.24. The third kappa shape index (κ3) is 4.79. The molecule has 5 nitrogen and oxygen atoms in total. The fourth-order valence-electron chi connectivity index (χ4n) is 3.24. The quantitative estimate of drug-likeness (QED) is 0.678. The number of hydrogen-bond donors (Lipinski definition) is 3. The molecule has 1 saturated heterocycles. The molecule has 3 rings (SSSR count). The summed E-state index contributed by atoms with van der Waals surface area (Å²) in [7, 11) is 0. The van der Waals surface area contributed by atoms with Crippen LogP contribution in [0.2, 0.25) is 0 Å². The molecule has 0 spiro atoms. The van der Waals surface area contributed by atoms with Crippen molar-refractivity contribution >= 4 is 11.7 Å². The Morgan fingerprint density at radius 2 is 2.12 bits per heavy atom. The average molecular weight is 338 g/mol. The smallest absolute Gasteiger partial charge is 0.251 e. The number of nitrogens with zero attached hydrogens (tertiary/aromatic N) is 1. The summed E-state index contributed by atoms with van der Waals surface area (Å²) in [6.07, 6.45) is 3.91. The van der Waals surface area contributed by atoms with Gasteiger partial charge in [-0.05, 0) is 62.0 Å². The Bertz CT molecular complexity index is 710. The van der Waals surface area contributed by atoms with Crippen LogP contribution in [0.4, 0.5) is 5.82 Å². The van der Waals surface area contributed by atoms with E-state index in [1.54, 1.807) is 6.20 Å². The second-order valence-electron chi connectivity index (χ2n) is 6.57. The van der Waals surface area contributed by atoms with Gasteiger partial charge in [-0.2, -0.15) is 0 Å². The van der Waals surface area contributed by atoms with Crippen molar-refractivity contribution in [3.8, 4) is 0 Å². The number of carbonyl (C=O) groups excluding carboxylic acids is 1. The first kappa shape index (κ1) is 17.4. The number of hydrogen-bond acceptors (Lipinski definition) is 4. The molecule has 5 heteroatoms. The van der Waals surface area contributed by atoms with Gasteiger partial charge in [0.2, 0.25) is 0 Å². The number of amides is 1. The topological polar surface area (TPSA) is 66.0 Å². The minimum Gasteiger partial charge on any atom is -0.368 e. The third-order valence-electron chi connectivity index (χ3n) is 4.65. The van der Waals surface area contributed by atoms with Crippen LogP contribution in [0.25, 0.3) is 0 Å². The Hall–Kier alpha value is -2.40. The Labute approximate surface area is 149 Å². The van der Waals surface area contributed by atoms with Gasteiger partial charge < -0.3 is 16.0 Å². The zero-order valence-corrected chi connectivity index (χ0v) is 14.7.